The number of halogens is 1. The third kappa shape index (κ3) is 11.1. The van der Waals surface area contributed by atoms with E-state index in [9.17, 15) is 0 Å². The SMILES string of the molecule is CC(C)(C)c1cc(-c2cc(-c3ccccc3)cc(-c3ccc(F)cc3)c2N2[CH-]N(c3[c-]c(Oc4[c-]c5c(cc4)c4ccccc4n5-c4cc(C(C)(C)C)ccn4)cc(-c4ccccc4C(C)(C)C)c3)c3ccccc32)cc(C(C)(C)C)c1.[Pt]. The van der Waals surface area contributed by atoms with Crippen LogP contribution < -0.4 is 14.5 Å². The number of fused-ring (bicyclic) bond motifs is 4. The maximum Gasteiger partial charge on any atom is 0.135 e. The van der Waals surface area contributed by atoms with Crippen molar-refractivity contribution in [3.63, 3.8) is 0 Å². The minimum absolute atomic E-state index is 0. The van der Waals surface area contributed by atoms with Gasteiger partial charge < -0.3 is 19.1 Å². The molecule has 7 heteroatoms. The van der Waals surface area contributed by atoms with E-state index in [1.54, 1.807) is 12.1 Å². The summed E-state index contributed by atoms with van der Waals surface area (Å²) in [7, 11) is 0. The summed E-state index contributed by atoms with van der Waals surface area (Å²) in [5.74, 6) is 1.64. The van der Waals surface area contributed by atoms with E-state index < -0.39 is 0 Å². The van der Waals surface area contributed by atoms with Crippen molar-refractivity contribution in [2.75, 3.05) is 9.80 Å². The summed E-state index contributed by atoms with van der Waals surface area (Å²) in [5.41, 5.74) is 18.3. The summed E-state index contributed by atoms with van der Waals surface area (Å²) < 4.78 is 24.4. The predicted molar refractivity (Wildman–Crippen MR) is 341 cm³/mol. The summed E-state index contributed by atoms with van der Waals surface area (Å²) in [4.78, 5) is 9.51. The number of benzene rings is 9. The Morgan fingerprint density at radius 2 is 1.05 bits per heavy atom. The van der Waals surface area contributed by atoms with Gasteiger partial charge in [0.05, 0.1) is 0 Å². The van der Waals surface area contributed by atoms with Crippen molar-refractivity contribution in [1.29, 1.82) is 0 Å². The first kappa shape index (κ1) is 56.8. The van der Waals surface area contributed by atoms with Crippen molar-refractivity contribution in [3.05, 3.63) is 247 Å². The number of hydrogen-bond acceptors (Lipinski definition) is 4. The minimum atomic E-state index is -0.286. The van der Waals surface area contributed by atoms with Crippen LogP contribution in [0.2, 0.25) is 0 Å². The first-order chi connectivity index (χ1) is 39.1. The maximum absolute atomic E-state index is 15.1. The molecule has 0 saturated heterocycles. The molecular formula is C76H70FN4OPt-3. The fourth-order valence-corrected chi connectivity index (χ4v) is 11.4. The van der Waals surface area contributed by atoms with Crippen molar-refractivity contribution in [2.24, 2.45) is 0 Å². The molecule has 0 aliphatic carbocycles. The third-order valence-electron chi connectivity index (χ3n) is 16.0. The molecule has 5 nitrogen and oxygen atoms in total. The van der Waals surface area contributed by atoms with E-state index >= 15 is 4.39 Å². The summed E-state index contributed by atoms with van der Waals surface area (Å²) >= 11 is 0. The third-order valence-corrected chi connectivity index (χ3v) is 16.0. The molecule has 1 aliphatic heterocycles. The molecule has 0 unspecified atom stereocenters. The Morgan fingerprint density at radius 3 is 1.72 bits per heavy atom. The monoisotopic (exact) mass is 1270 g/mol. The van der Waals surface area contributed by atoms with Crippen LogP contribution in [0.3, 0.4) is 0 Å². The fraction of sp³-hybridized carbons (Fsp3) is 0.211. The van der Waals surface area contributed by atoms with Gasteiger partial charge in [-0.05, 0) is 132 Å². The number of pyridine rings is 1. The summed E-state index contributed by atoms with van der Waals surface area (Å²) in [6.07, 6.45) is 1.90. The number of rotatable bonds is 9. The first-order valence-electron chi connectivity index (χ1n) is 28.5. The number of para-hydroxylation sites is 3. The molecule has 11 aromatic rings. The molecule has 420 valence electrons. The summed E-state index contributed by atoms with van der Waals surface area (Å²) in [6, 6.07) is 75.2. The smallest absolute Gasteiger partial charge is 0.135 e. The van der Waals surface area contributed by atoms with Crippen LogP contribution in [0.15, 0.2) is 200 Å². The molecule has 0 saturated carbocycles. The average molecular weight is 1270 g/mol. The van der Waals surface area contributed by atoms with Crippen LogP contribution in [0.4, 0.5) is 27.1 Å². The molecule has 0 spiro atoms. The van der Waals surface area contributed by atoms with Gasteiger partial charge >= 0.3 is 0 Å². The number of aromatic nitrogens is 2. The predicted octanol–water partition coefficient (Wildman–Crippen LogP) is 21.0. The van der Waals surface area contributed by atoms with E-state index in [4.69, 9.17) is 9.72 Å². The molecule has 12 rings (SSSR count). The second-order valence-corrected chi connectivity index (χ2v) is 26.0. The summed E-state index contributed by atoms with van der Waals surface area (Å²) in [5, 5.41) is 2.17. The van der Waals surface area contributed by atoms with Gasteiger partial charge in [-0.1, -0.05) is 204 Å². The largest absolute Gasteiger partial charge is 0.509 e. The molecule has 0 bridgehead atoms. The molecule has 0 radical (unpaired) electrons. The standard InChI is InChI=1S/C76H70FN4O.Pt/c1-73(2,3)54-36-37-78-71(45-54)81-67-27-19-17-25-62(67)63-35-34-59(47-70(63)81)82-60-41-53(61-24-16-18-26-66(61)76(10,11)12)40-58(46-60)79-48-80(69-29-21-20-28-68(69)79)72-64(50-30-32-57(77)33-31-50)42-51(49-22-14-13-15-23-49)43-65(72)52-38-55(74(4,5)6)44-56(39-52)75(7,8)9;/h13-45,48H,1-12H3;/q-3;. The van der Waals surface area contributed by atoms with E-state index in [2.05, 4.69) is 280 Å². The van der Waals surface area contributed by atoms with Crippen LogP contribution in [-0.2, 0) is 42.7 Å². The zero-order valence-corrected chi connectivity index (χ0v) is 51.8. The molecule has 9 aromatic carbocycles. The van der Waals surface area contributed by atoms with Crippen molar-refractivity contribution >= 4 is 44.6 Å². The van der Waals surface area contributed by atoms with Gasteiger partial charge in [0, 0.05) is 72.5 Å². The van der Waals surface area contributed by atoms with Crippen LogP contribution in [0.1, 0.15) is 105 Å². The number of anilines is 4. The van der Waals surface area contributed by atoms with E-state index in [0.29, 0.717) is 11.5 Å². The van der Waals surface area contributed by atoms with Crippen molar-refractivity contribution < 1.29 is 30.2 Å². The second-order valence-electron chi connectivity index (χ2n) is 26.0. The molecule has 3 heterocycles. The van der Waals surface area contributed by atoms with Crippen LogP contribution in [0.25, 0.3) is 72.1 Å². The first-order valence-corrected chi connectivity index (χ1v) is 28.5. The zero-order valence-electron chi connectivity index (χ0n) is 49.5. The average Bonchev–Trinajstić information content (AvgIpc) is 2.37. The fourth-order valence-electron chi connectivity index (χ4n) is 11.4. The van der Waals surface area contributed by atoms with E-state index in [1.165, 1.54) is 22.3 Å². The molecule has 0 N–H and O–H groups in total. The van der Waals surface area contributed by atoms with Crippen LogP contribution in [0.5, 0.6) is 11.5 Å². The topological polar surface area (TPSA) is 33.5 Å². The van der Waals surface area contributed by atoms with Gasteiger partial charge in [-0.15, -0.1) is 53.6 Å². The Bertz CT molecular complexity index is 4190. The number of nitrogens with zero attached hydrogens (tertiary/aromatic N) is 4. The van der Waals surface area contributed by atoms with Crippen LogP contribution in [-0.4, -0.2) is 9.55 Å². The van der Waals surface area contributed by atoms with E-state index in [1.807, 2.05) is 24.4 Å². The van der Waals surface area contributed by atoms with Gasteiger partial charge in [-0.3, -0.25) is 0 Å². The number of ether oxygens (including phenoxy) is 1. The van der Waals surface area contributed by atoms with Crippen molar-refractivity contribution in [2.45, 2.75) is 105 Å². The Kier molecular flexibility index (Phi) is 14.8. The van der Waals surface area contributed by atoms with E-state index in [0.717, 1.165) is 94.9 Å². The Morgan fingerprint density at radius 1 is 0.446 bits per heavy atom. The van der Waals surface area contributed by atoms with Gasteiger partial charge in [0.25, 0.3) is 0 Å². The van der Waals surface area contributed by atoms with Crippen molar-refractivity contribution in [3.8, 4) is 61.8 Å². The maximum atomic E-state index is 15.1. The van der Waals surface area contributed by atoms with E-state index in [-0.39, 0.29) is 48.5 Å². The van der Waals surface area contributed by atoms with Crippen LogP contribution >= 0.6 is 0 Å². The summed E-state index contributed by atoms with van der Waals surface area (Å²) in [6.45, 7) is 29.4. The molecule has 0 atom stereocenters. The number of hydrogen-bond donors (Lipinski definition) is 0. The normalized spacial score (nSPS) is 12.9. The Labute approximate surface area is 504 Å². The molecule has 83 heavy (non-hydrogen) atoms. The van der Waals surface area contributed by atoms with Gasteiger partial charge in [0.1, 0.15) is 11.6 Å². The van der Waals surface area contributed by atoms with Crippen LogP contribution in [0, 0.1) is 24.6 Å². The minimum Gasteiger partial charge on any atom is -0.509 e. The van der Waals surface area contributed by atoms with Crippen molar-refractivity contribution in [1.82, 2.24) is 9.55 Å². The Hall–Kier alpha value is -8.05. The quantitative estimate of drug-likeness (QED) is 0.135. The molecule has 1 aliphatic rings. The molecule has 0 amide bonds. The zero-order chi connectivity index (χ0) is 57.5. The molecular weight excluding hydrogens is 1200 g/mol. The molecule has 0 fully saturated rings. The second kappa shape index (κ2) is 21.6. The van der Waals surface area contributed by atoms with Gasteiger partial charge in [0.15, 0.2) is 0 Å². The van der Waals surface area contributed by atoms with Gasteiger partial charge in [-0.2, -0.15) is 6.07 Å². The Balaban J connectivity index is 0.00000721. The van der Waals surface area contributed by atoms with Gasteiger partial charge in [-0.25, -0.2) is 9.37 Å². The van der Waals surface area contributed by atoms with Gasteiger partial charge in [0.2, 0.25) is 0 Å². The molecule has 2 aromatic heterocycles.